The molecule has 0 spiro atoms. The molecule has 2 aromatic rings. The average Bonchev–Trinajstić information content (AvgIpc) is 3.23. The number of pyridine rings is 1. The largest absolute Gasteiger partial charge is 0.461 e. The van der Waals surface area contributed by atoms with Gasteiger partial charge in [0.05, 0.1) is 16.7 Å². The third-order valence-corrected chi connectivity index (χ3v) is 9.30. The second-order valence-electron chi connectivity index (χ2n) is 10.3. The molecule has 1 aliphatic rings. The van der Waals surface area contributed by atoms with Crippen LogP contribution in [0.1, 0.15) is 34.6 Å². The summed E-state index contributed by atoms with van der Waals surface area (Å²) in [5.74, 6) is -0.979. The summed E-state index contributed by atoms with van der Waals surface area (Å²) in [4.78, 5) is 44.9. The zero-order chi connectivity index (χ0) is 29.2. The third-order valence-electron chi connectivity index (χ3n) is 5.83. The number of ether oxygens (including phenoxy) is 2. The number of benzene rings is 1. The molecule has 0 aliphatic carbocycles. The standard InChI is InChI=1S/C26H34N4O7S2/c1-17(2)36-23(32)26(5,21(31)22-28-25(3,4)16-38-22)30(39(34,35)20-12-14-27-15-13-20)18-8-10-19(11-9-18)37-24(33)29(6)7/h8-15,17,22,28H,16H2,1-7H3/t22-,26+/m0/s1. The quantitative estimate of drug-likeness (QED) is 0.349. The number of sulfonamides is 1. The fourth-order valence-corrected chi connectivity index (χ4v) is 7.00. The number of anilines is 1. The van der Waals surface area contributed by atoms with Crippen molar-refractivity contribution in [2.45, 2.75) is 62.1 Å². The van der Waals surface area contributed by atoms with E-state index in [1.165, 1.54) is 86.5 Å². The summed E-state index contributed by atoms with van der Waals surface area (Å²) in [6.45, 7) is 8.31. The minimum Gasteiger partial charge on any atom is -0.461 e. The number of carbonyl (C=O) groups is 3. The first kappa shape index (κ1) is 30.4. The molecule has 3 rings (SSSR count). The van der Waals surface area contributed by atoms with Crippen molar-refractivity contribution < 1.29 is 32.3 Å². The first-order chi connectivity index (χ1) is 18.1. The van der Waals surface area contributed by atoms with Crippen LogP contribution in [0, 0.1) is 0 Å². The molecule has 1 N–H and O–H groups in total. The summed E-state index contributed by atoms with van der Waals surface area (Å²) >= 11 is 1.29. The van der Waals surface area contributed by atoms with Gasteiger partial charge in [-0.2, -0.15) is 0 Å². The van der Waals surface area contributed by atoms with Crippen molar-refractivity contribution in [2.24, 2.45) is 0 Å². The van der Waals surface area contributed by atoms with Gasteiger partial charge in [0.15, 0.2) is 5.78 Å². The monoisotopic (exact) mass is 578 g/mol. The summed E-state index contributed by atoms with van der Waals surface area (Å²) in [5.41, 5.74) is -2.73. The van der Waals surface area contributed by atoms with Crippen LogP contribution in [-0.2, 0) is 24.3 Å². The van der Waals surface area contributed by atoms with E-state index in [1.54, 1.807) is 13.8 Å². The van der Waals surface area contributed by atoms with Gasteiger partial charge in [-0.15, -0.1) is 11.8 Å². The maximum Gasteiger partial charge on any atom is 0.414 e. The van der Waals surface area contributed by atoms with Crippen LogP contribution in [0.5, 0.6) is 5.75 Å². The molecule has 1 amide bonds. The molecule has 13 heteroatoms. The lowest BCUT2D eigenvalue weighted by Gasteiger charge is -2.40. The number of Topliss-reactive ketones (excluding diaryl/α,β-unsaturated/α-hetero) is 1. The van der Waals surface area contributed by atoms with Crippen molar-refractivity contribution in [3.05, 3.63) is 48.8 Å². The number of aromatic nitrogens is 1. The maximum atomic E-state index is 14.2. The first-order valence-electron chi connectivity index (χ1n) is 12.2. The van der Waals surface area contributed by atoms with Crippen LogP contribution in [0.4, 0.5) is 10.5 Å². The molecule has 212 valence electrons. The predicted molar refractivity (Wildman–Crippen MR) is 148 cm³/mol. The minimum absolute atomic E-state index is 0.00437. The first-order valence-corrected chi connectivity index (χ1v) is 14.7. The number of thioether (sulfide) groups is 1. The fraction of sp³-hybridized carbons (Fsp3) is 0.462. The second kappa shape index (κ2) is 11.5. The molecule has 0 bridgehead atoms. The van der Waals surface area contributed by atoms with Crippen LogP contribution in [0.2, 0.25) is 0 Å². The lowest BCUT2D eigenvalue weighted by molar-refractivity contribution is -0.156. The van der Waals surface area contributed by atoms with Gasteiger partial charge in [-0.1, -0.05) is 0 Å². The highest BCUT2D eigenvalue weighted by Crippen LogP contribution is 2.38. The van der Waals surface area contributed by atoms with Gasteiger partial charge in [0.1, 0.15) is 11.1 Å². The van der Waals surface area contributed by atoms with E-state index in [-0.39, 0.29) is 16.3 Å². The van der Waals surface area contributed by atoms with E-state index >= 15 is 0 Å². The van der Waals surface area contributed by atoms with E-state index in [2.05, 4.69) is 10.3 Å². The summed E-state index contributed by atoms with van der Waals surface area (Å²) in [6.07, 6.45) is 1.36. The third kappa shape index (κ3) is 6.53. The number of nitrogens with zero attached hydrogens (tertiary/aromatic N) is 3. The van der Waals surface area contributed by atoms with E-state index in [9.17, 15) is 22.8 Å². The zero-order valence-corrected chi connectivity index (χ0v) is 24.6. The number of ketones is 1. The highest BCUT2D eigenvalue weighted by atomic mass is 32.2. The zero-order valence-electron chi connectivity index (χ0n) is 23.0. The van der Waals surface area contributed by atoms with Crippen molar-refractivity contribution >= 4 is 45.3 Å². The topological polar surface area (TPSA) is 135 Å². The van der Waals surface area contributed by atoms with Crippen LogP contribution < -0.4 is 14.4 Å². The van der Waals surface area contributed by atoms with Crippen LogP contribution in [0.15, 0.2) is 53.7 Å². The number of hydrogen-bond acceptors (Lipinski definition) is 10. The molecular formula is C26H34N4O7S2. The highest BCUT2D eigenvalue weighted by Gasteiger charge is 2.57. The van der Waals surface area contributed by atoms with Crippen molar-refractivity contribution in [2.75, 3.05) is 24.2 Å². The molecule has 1 fully saturated rings. The van der Waals surface area contributed by atoms with Gasteiger partial charge in [0.2, 0.25) is 5.54 Å². The van der Waals surface area contributed by atoms with Gasteiger partial charge < -0.3 is 14.4 Å². The molecule has 2 atom stereocenters. The van der Waals surface area contributed by atoms with Gasteiger partial charge >= 0.3 is 12.1 Å². The van der Waals surface area contributed by atoms with E-state index in [1.807, 2.05) is 13.8 Å². The van der Waals surface area contributed by atoms with Gasteiger partial charge in [-0.25, -0.2) is 22.3 Å². The number of rotatable bonds is 9. The molecule has 11 nitrogen and oxygen atoms in total. The molecule has 2 heterocycles. The van der Waals surface area contributed by atoms with Crippen molar-refractivity contribution in [1.29, 1.82) is 0 Å². The molecule has 1 saturated heterocycles. The molecule has 1 aromatic carbocycles. The minimum atomic E-state index is -4.53. The normalized spacial score (nSPS) is 18.2. The summed E-state index contributed by atoms with van der Waals surface area (Å²) < 4.78 is 39.9. The Morgan fingerprint density at radius 1 is 1.10 bits per heavy atom. The Labute approximate surface area is 233 Å². The van der Waals surface area contributed by atoms with E-state index in [0.29, 0.717) is 5.75 Å². The Balaban J connectivity index is 2.22. The van der Waals surface area contributed by atoms with E-state index in [4.69, 9.17) is 9.47 Å². The lowest BCUT2D eigenvalue weighted by Crippen LogP contribution is -2.65. The van der Waals surface area contributed by atoms with Crippen molar-refractivity contribution in [3.8, 4) is 5.75 Å². The number of amides is 1. The number of hydrogen-bond donors (Lipinski definition) is 1. The summed E-state index contributed by atoms with van der Waals surface area (Å²) in [5, 5.41) is 2.32. The SMILES string of the molecule is CC(C)OC(=O)[C@@](C)(C(=O)[C@H]1NC(C)(C)CS1)N(c1ccc(OC(=O)N(C)C)cc1)S(=O)(=O)c1ccncc1. The van der Waals surface area contributed by atoms with Crippen molar-refractivity contribution in [3.63, 3.8) is 0 Å². The number of nitrogens with one attached hydrogen (secondary N) is 1. The number of carbonyl (C=O) groups excluding carboxylic acids is 3. The van der Waals surface area contributed by atoms with Gasteiger partial charge in [0.25, 0.3) is 10.0 Å². The smallest absolute Gasteiger partial charge is 0.414 e. The summed E-state index contributed by atoms with van der Waals surface area (Å²) in [7, 11) is -1.48. The maximum absolute atomic E-state index is 14.2. The Kier molecular flexibility index (Phi) is 8.98. The van der Waals surface area contributed by atoms with E-state index < -0.39 is 50.4 Å². The molecule has 39 heavy (non-hydrogen) atoms. The molecule has 1 aromatic heterocycles. The van der Waals surface area contributed by atoms with Crippen LogP contribution >= 0.6 is 11.8 Å². The Bertz CT molecular complexity index is 1320. The lowest BCUT2D eigenvalue weighted by atomic mass is 9.94. The average molecular weight is 579 g/mol. The van der Waals surface area contributed by atoms with Gasteiger partial charge in [-0.05, 0) is 71.0 Å². The van der Waals surface area contributed by atoms with Crippen LogP contribution in [0.25, 0.3) is 0 Å². The molecular weight excluding hydrogens is 544 g/mol. The Morgan fingerprint density at radius 2 is 1.69 bits per heavy atom. The predicted octanol–water partition coefficient (Wildman–Crippen LogP) is 3.06. The number of esters is 1. The highest BCUT2D eigenvalue weighted by molar-refractivity contribution is 8.01. The van der Waals surface area contributed by atoms with Crippen LogP contribution in [-0.4, -0.2) is 78.6 Å². The molecule has 0 saturated carbocycles. The second-order valence-corrected chi connectivity index (χ2v) is 13.2. The van der Waals surface area contributed by atoms with Gasteiger partial charge in [0, 0.05) is 37.8 Å². The van der Waals surface area contributed by atoms with Gasteiger partial charge in [-0.3, -0.25) is 15.1 Å². The Morgan fingerprint density at radius 3 is 2.18 bits per heavy atom. The molecule has 1 aliphatic heterocycles. The molecule has 0 radical (unpaired) electrons. The Hall–Kier alpha value is -3.16. The van der Waals surface area contributed by atoms with Crippen molar-refractivity contribution in [1.82, 2.24) is 15.2 Å². The molecule has 0 unspecified atom stereocenters. The summed E-state index contributed by atoms with van der Waals surface area (Å²) in [6, 6.07) is 8.06. The van der Waals surface area contributed by atoms with Crippen LogP contribution in [0.3, 0.4) is 0 Å². The fourth-order valence-electron chi connectivity index (χ4n) is 3.83. The van der Waals surface area contributed by atoms with E-state index in [0.717, 1.165) is 4.31 Å².